The maximum absolute atomic E-state index is 12.0. The van der Waals surface area contributed by atoms with Gasteiger partial charge in [-0.15, -0.1) is 0 Å². The largest absolute Gasteiger partial charge is 0.482 e. The molecule has 8 nitrogen and oxygen atoms in total. The molecule has 0 saturated heterocycles. The molecule has 0 aromatic heterocycles. The Morgan fingerprint density at radius 3 is 2.48 bits per heavy atom. The lowest BCUT2D eigenvalue weighted by molar-refractivity contribution is -0.385. The van der Waals surface area contributed by atoms with Crippen molar-refractivity contribution in [1.82, 2.24) is 0 Å². The summed E-state index contributed by atoms with van der Waals surface area (Å²) in [4.78, 5) is 34.2. The van der Waals surface area contributed by atoms with Crippen molar-refractivity contribution in [1.29, 1.82) is 0 Å². The number of nitro groups is 1. The second-order valence-corrected chi connectivity index (χ2v) is 6.88. The minimum Gasteiger partial charge on any atom is -0.482 e. The fourth-order valence-corrected chi connectivity index (χ4v) is 2.86. The zero-order chi connectivity index (χ0) is 21.6. The third-order valence-corrected chi connectivity index (χ3v) is 4.36. The number of benzene rings is 2. The van der Waals surface area contributed by atoms with Crippen LogP contribution in [0.15, 0.2) is 36.4 Å². The molecule has 0 atom stereocenters. The first kappa shape index (κ1) is 21.9. The average molecular weight is 400 g/mol. The molecular weight excluding hydrogens is 376 g/mol. The summed E-state index contributed by atoms with van der Waals surface area (Å²) in [5.41, 5.74) is 2.77. The van der Waals surface area contributed by atoms with Gasteiger partial charge in [0.05, 0.1) is 16.2 Å². The number of hydrogen-bond donors (Lipinski definition) is 1. The number of nitrogens with one attached hydrogen (secondary N) is 1. The molecular formula is C21H24N2O6. The van der Waals surface area contributed by atoms with Gasteiger partial charge in [0.2, 0.25) is 0 Å². The molecule has 0 saturated carbocycles. The number of hydrogen-bond acceptors (Lipinski definition) is 6. The van der Waals surface area contributed by atoms with Gasteiger partial charge in [-0.05, 0) is 49.1 Å². The molecule has 8 heteroatoms. The molecule has 0 aliphatic heterocycles. The minimum atomic E-state index is -0.693. The SMILES string of the molecule is Cc1cc(OCC(=O)OCC(=O)Nc2cccc([N+](=O)[O-])c2C)ccc1C(C)C. The van der Waals surface area contributed by atoms with Crippen molar-refractivity contribution in [3.05, 3.63) is 63.2 Å². The van der Waals surface area contributed by atoms with Crippen LogP contribution in [0.25, 0.3) is 0 Å². The van der Waals surface area contributed by atoms with E-state index < -0.39 is 23.4 Å². The number of ether oxygens (including phenoxy) is 2. The Bertz CT molecular complexity index is 923. The van der Waals surface area contributed by atoms with Gasteiger partial charge >= 0.3 is 5.97 Å². The zero-order valence-electron chi connectivity index (χ0n) is 16.9. The average Bonchev–Trinajstić information content (AvgIpc) is 2.65. The number of anilines is 1. The van der Waals surface area contributed by atoms with Gasteiger partial charge in [-0.3, -0.25) is 14.9 Å². The lowest BCUT2D eigenvalue weighted by Gasteiger charge is -2.12. The third-order valence-electron chi connectivity index (χ3n) is 4.36. The Hall–Kier alpha value is -3.42. The number of rotatable bonds is 8. The van der Waals surface area contributed by atoms with E-state index in [1.807, 2.05) is 19.1 Å². The van der Waals surface area contributed by atoms with E-state index in [9.17, 15) is 19.7 Å². The molecule has 154 valence electrons. The first-order chi connectivity index (χ1) is 13.7. The topological polar surface area (TPSA) is 108 Å². The number of carbonyl (C=O) groups excluding carboxylic acids is 2. The first-order valence-corrected chi connectivity index (χ1v) is 9.12. The van der Waals surface area contributed by atoms with Crippen LogP contribution in [-0.4, -0.2) is 30.0 Å². The highest BCUT2D eigenvalue weighted by atomic mass is 16.6. The van der Waals surface area contributed by atoms with Crippen molar-refractivity contribution in [3.63, 3.8) is 0 Å². The van der Waals surface area contributed by atoms with E-state index >= 15 is 0 Å². The van der Waals surface area contributed by atoms with E-state index in [1.54, 1.807) is 6.07 Å². The number of nitrogens with zero attached hydrogens (tertiary/aromatic N) is 1. The molecule has 0 radical (unpaired) electrons. The molecule has 2 aromatic rings. The molecule has 0 aliphatic rings. The van der Waals surface area contributed by atoms with Crippen molar-refractivity contribution >= 4 is 23.3 Å². The first-order valence-electron chi connectivity index (χ1n) is 9.12. The fourth-order valence-electron chi connectivity index (χ4n) is 2.86. The minimum absolute atomic E-state index is 0.105. The Morgan fingerprint density at radius 2 is 1.86 bits per heavy atom. The molecule has 2 rings (SSSR count). The van der Waals surface area contributed by atoms with Gasteiger partial charge in [0.15, 0.2) is 13.2 Å². The number of esters is 1. The maximum atomic E-state index is 12.0. The molecule has 1 amide bonds. The molecule has 0 spiro atoms. The van der Waals surface area contributed by atoms with Crippen LogP contribution in [0, 0.1) is 24.0 Å². The molecule has 0 heterocycles. The quantitative estimate of drug-likeness (QED) is 0.409. The molecule has 0 fully saturated rings. The smallest absolute Gasteiger partial charge is 0.344 e. The Kier molecular flexibility index (Phi) is 7.30. The van der Waals surface area contributed by atoms with Crippen molar-refractivity contribution < 1.29 is 24.0 Å². The van der Waals surface area contributed by atoms with Gasteiger partial charge < -0.3 is 14.8 Å². The van der Waals surface area contributed by atoms with Crippen molar-refractivity contribution in [2.75, 3.05) is 18.5 Å². The summed E-state index contributed by atoms with van der Waals surface area (Å²) in [5, 5.41) is 13.4. The highest BCUT2D eigenvalue weighted by molar-refractivity contribution is 5.94. The van der Waals surface area contributed by atoms with E-state index in [0.29, 0.717) is 17.2 Å². The standard InChI is InChI=1S/C21H24N2O6/c1-13(2)17-9-8-16(10-14(17)3)28-12-21(25)29-11-20(24)22-18-6-5-7-19(15(18)4)23(26)27/h5-10,13H,11-12H2,1-4H3,(H,22,24). The second kappa shape index (κ2) is 9.68. The van der Waals surface area contributed by atoms with Crippen LogP contribution in [0.5, 0.6) is 5.75 Å². The summed E-state index contributed by atoms with van der Waals surface area (Å²) < 4.78 is 10.3. The van der Waals surface area contributed by atoms with Crippen LogP contribution >= 0.6 is 0 Å². The van der Waals surface area contributed by atoms with Crippen LogP contribution in [0.1, 0.15) is 36.5 Å². The van der Waals surface area contributed by atoms with Gasteiger partial charge in [0.1, 0.15) is 5.75 Å². The fraction of sp³-hybridized carbons (Fsp3) is 0.333. The van der Waals surface area contributed by atoms with Crippen LogP contribution in [0.4, 0.5) is 11.4 Å². The van der Waals surface area contributed by atoms with E-state index in [1.165, 1.54) is 30.7 Å². The van der Waals surface area contributed by atoms with Crippen LogP contribution in [0.2, 0.25) is 0 Å². The lowest BCUT2D eigenvalue weighted by Crippen LogP contribution is -2.24. The normalized spacial score (nSPS) is 10.5. The highest BCUT2D eigenvalue weighted by Crippen LogP contribution is 2.25. The van der Waals surface area contributed by atoms with Crippen molar-refractivity contribution in [2.45, 2.75) is 33.6 Å². The van der Waals surface area contributed by atoms with Gasteiger partial charge in [-0.25, -0.2) is 4.79 Å². The van der Waals surface area contributed by atoms with E-state index in [0.717, 1.165) is 5.56 Å². The Balaban J connectivity index is 1.84. The van der Waals surface area contributed by atoms with Crippen molar-refractivity contribution in [2.24, 2.45) is 0 Å². The van der Waals surface area contributed by atoms with Crippen molar-refractivity contribution in [3.8, 4) is 5.75 Å². The molecule has 0 unspecified atom stereocenters. The van der Waals surface area contributed by atoms with E-state index in [4.69, 9.17) is 9.47 Å². The van der Waals surface area contributed by atoms with Crippen LogP contribution in [-0.2, 0) is 14.3 Å². The van der Waals surface area contributed by atoms with Gasteiger partial charge in [-0.1, -0.05) is 26.0 Å². The predicted octanol–water partition coefficient (Wildman–Crippen LogP) is 3.90. The third kappa shape index (κ3) is 6.03. The number of aryl methyl sites for hydroxylation is 1. The van der Waals surface area contributed by atoms with Crippen LogP contribution in [0.3, 0.4) is 0 Å². The monoisotopic (exact) mass is 400 g/mol. The molecule has 0 bridgehead atoms. The van der Waals surface area contributed by atoms with E-state index in [2.05, 4.69) is 19.2 Å². The summed E-state index contributed by atoms with van der Waals surface area (Å²) in [5.74, 6) is -0.358. The Labute approximate surface area is 169 Å². The summed E-state index contributed by atoms with van der Waals surface area (Å²) in [6, 6.07) is 9.93. The molecule has 1 N–H and O–H groups in total. The lowest BCUT2D eigenvalue weighted by atomic mass is 9.98. The molecule has 29 heavy (non-hydrogen) atoms. The summed E-state index contributed by atoms with van der Waals surface area (Å²) >= 11 is 0. The highest BCUT2D eigenvalue weighted by Gasteiger charge is 2.16. The number of carbonyl (C=O) groups is 2. The molecule has 0 aliphatic carbocycles. The van der Waals surface area contributed by atoms with Gasteiger partial charge in [-0.2, -0.15) is 0 Å². The van der Waals surface area contributed by atoms with Crippen LogP contribution < -0.4 is 10.1 Å². The second-order valence-electron chi connectivity index (χ2n) is 6.88. The number of nitro benzene ring substituents is 1. The number of amides is 1. The Morgan fingerprint density at radius 1 is 1.14 bits per heavy atom. The van der Waals surface area contributed by atoms with Gasteiger partial charge in [0, 0.05) is 6.07 Å². The summed E-state index contributed by atoms with van der Waals surface area (Å²) in [6.45, 7) is 6.85. The van der Waals surface area contributed by atoms with Gasteiger partial charge in [0.25, 0.3) is 11.6 Å². The maximum Gasteiger partial charge on any atom is 0.344 e. The van der Waals surface area contributed by atoms with E-state index in [-0.39, 0.29) is 18.0 Å². The predicted molar refractivity (Wildman–Crippen MR) is 108 cm³/mol. The molecule has 2 aromatic carbocycles. The zero-order valence-corrected chi connectivity index (χ0v) is 16.9. The summed E-state index contributed by atoms with van der Waals surface area (Å²) in [7, 11) is 0. The summed E-state index contributed by atoms with van der Waals surface area (Å²) in [6.07, 6.45) is 0.